The fourth-order valence-electron chi connectivity index (χ4n) is 0.194. The maximum absolute atomic E-state index is 4.88. The molecule has 2 nitrogen and oxygen atoms in total. The molecule has 0 unspecified atom stereocenters. The fraction of sp³-hybridized carbons (Fsp3) is 0.800. The van der Waals surface area contributed by atoms with Crippen LogP contribution in [0.1, 0.15) is 7.43 Å². The first kappa shape index (κ1) is 10.6. The van der Waals surface area contributed by atoms with Crippen LogP contribution in [0.3, 0.4) is 0 Å². The predicted molar refractivity (Wildman–Crippen MR) is 40.7 cm³/mol. The highest BCUT2D eigenvalue weighted by molar-refractivity contribution is 6.69. The minimum absolute atomic E-state index is 0. The van der Waals surface area contributed by atoms with Crippen LogP contribution in [0.5, 0.6) is 0 Å². The number of hydrogen-bond donors (Lipinski definition) is 0. The Hall–Kier alpha value is -0.313. The van der Waals surface area contributed by atoms with E-state index in [1.54, 1.807) is 0 Å². The van der Waals surface area contributed by atoms with Crippen molar-refractivity contribution >= 4 is 15.0 Å². The van der Waals surface area contributed by atoms with Crippen LogP contribution in [-0.4, -0.2) is 15.0 Å². The standard InChI is InChI=1S/C4H11NOSi.CH4/c1-5-6-7(2,3)4;/h1H2,2-4H3;1H4. The Kier molecular flexibility index (Phi) is 4.86. The second kappa shape index (κ2) is 3.66. The van der Waals surface area contributed by atoms with Crippen LogP contribution in [0.25, 0.3) is 0 Å². The first-order chi connectivity index (χ1) is 3.06. The van der Waals surface area contributed by atoms with Gasteiger partial charge in [-0.25, -0.2) is 0 Å². The topological polar surface area (TPSA) is 21.6 Å². The van der Waals surface area contributed by atoms with Crippen molar-refractivity contribution in [3.63, 3.8) is 0 Å². The maximum atomic E-state index is 4.88. The van der Waals surface area contributed by atoms with Gasteiger partial charge in [0.15, 0.2) is 0 Å². The number of hydrogen-bond acceptors (Lipinski definition) is 2. The monoisotopic (exact) mass is 133 g/mol. The normalized spacial score (nSPS) is 9.38. The van der Waals surface area contributed by atoms with Gasteiger partial charge in [0.05, 0.1) is 0 Å². The second-order valence-electron chi connectivity index (χ2n) is 2.33. The van der Waals surface area contributed by atoms with Gasteiger partial charge < -0.3 is 4.53 Å². The molecule has 0 amide bonds. The molecule has 0 aliphatic heterocycles. The van der Waals surface area contributed by atoms with E-state index in [-0.39, 0.29) is 7.43 Å². The molecule has 0 radical (unpaired) electrons. The zero-order chi connectivity index (χ0) is 5.91. The minimum Gasteiger partial charge on any atom is -0.456 e. The van der Waals surface area contributed by atoms with Gasteiger partial charge >= 0.3 is 0 Å². The highest BCUT2D eigenvalue weighted by Crippen LogP contribution is 2.00. The lowest BCUT2D eigenvalue weighted by atomic mass is 11.8. The van der Waals surface area contributed by atoms with E-state index in [9.17, 15) is 0 Å². The first-order valence-corrected chi connectivity index (χ1v) is 5.61. The zero-order valence-electron chi connectivity index (χ0n) is 5.06. The number of rotatable bonds is 2. The van der Waals surface area contributed by atoms with Crippen LogP contribution >= 0.6 is 0 Å². The van der Waals surface area contributed by atoms with Gasteiger partial charge in [0.1, 0.15) is 0 Å². The third kappa shape index (κ3) is 9.19. The summed E-state index contributed by atoms with van der Waals surface area (Å²) in [7, 11) is -1.39. The van der Waals surface area contributed by atoms with E-state index in [4.69, 9.17) is 4.53 Å². The molecule has 0 atom stereocenters. The third-order valence-corrected chi connectivity index (χ3v) is 1.02. The fourth-order valence-corrected chi connectivity index (χ4v) is 0.581. The molecule has 0 aliphatic carbocycles. The van der Waals surface area contributed by atoms with Crippen molar-refractivity contribution in [3.05, 3.63) is 0 Å². The molecule has 0 aromatic carbocycles. The Balaban J connectivity index is 0. The van der Waals surface area contributed by atoms with Gasteiger partial charge in [-0.1, -0.05) is 7.43 Å². The summed E-state index contributed by atoms with van der Waals surface area (Å²) < 4.78 is 4.88. The summed E-state index contributed by atoms with van der Waals surface area (Å²) in [5, 5.41) is 3.32. The van der Waals surface area contributed by atoms with Gasteiger partial charge in [0.2, 0.25) is 0 Å². The molecule has 0 aliphatic rings. The number of oxime groups is 1. The van der Waals surface area contributed by atoms with E-state index < -0.39 is 8.32 Å². The Morgan fingerprint density at radius 2 is 1.75 bits per heavy atom. The highest BCUT2D eigenvalue weighted by atomic mass is 28.4. The van der Waals surface area contributed by atoms with Gasteiger partial charge in [-0.15, -0.1) is 5.16 Å². The summed E-state index contributed by atoms with van der Waals surface area (Å²) in [6.45, 7) is 9.38. The van der Waals surface area contributed by atoms with Crippen LogP contribution in [0.15, 0.2) is 5.16 Å². The van der Waals surface area contributed by atoms with Crippen LogP contribution in [0.4, 0.5) is 0 Å². The molecular formula is C5H15NOSi. The molecule has 0 saturated carbocycles. The second-order valence-corrected chi connectivity index (χ2v) is 6.74. The minimum atomic E-state index is -1.39. The summed E-state index contributed by atoms with van der Waals surface area (Å²) in [4.78, 5) is 0. The summed E-state index contributed by atoms with van der Waals surface area (Å²) in [5.74, 6) is 0. The lowest BCUT2D eigenvalue weighted by Gasteiger charge is -2.10. The van der Waals surface area contributed by atoms with Gasteiger partial charge in [0.25, 0.3) is 8.32 Å². The molecule has 3 heteroatoms. The van der Waals surface area contributed by atoms with Crippen molar-refractivity contribution in [2.24, 2.45) is 5.16 Å². The molecule has 0 saturated heterocycles. The largest absolute Gasteiger partial charge is 0.456 e. The van der Waals surface area contributed by atoms with Crippen molar-refractivity contribution in [1.29, 1.82) is 0 Å². The molecular weight excluding hydrogens is 118 g/mol. The molecule has 50 valence electrons. The summed E-state index contributed by atoms with van der Waals surface area (Å²) in [6.07, 6.45) is 0. The zero-order valence-corrected chi connectivity index (χ0v) is 6.06. The predicted octanol–water partition coefficient (Wildman–Crippen LogP) is 2.09. The maximum Gasteiger partial charge on any atom is 0.278 e. The summed E-state index contributed by atoms with van der Waals surface area (Å²) in [6, 6.07) is 0. The first-order valence-electron chi connectivity index (χ1n) is 2.20. The van der Waals surface area contributed by atoms with Gasteiger partial charge in [0, 0.05) is 6.72 Å². The van der Waals surface area contributed by atoms with Crippen molar-refractivity contribution in [3.8, 4) is 0 Å². The van der Waals surface area contributed by atoms with Crippen LogP contribution in [0.2, 0.25) is 19.6 Å². The van der Waals surface area contributed by atoms with Crippen LogP contribution in [0, 0.1) is 0 Å². The van der Waals surface area contributed by atoms with E-state index in [2.05, 4.69) is 31.5 Å². The van der Waals surface area contributed by atoms with Crippen molar-refractivity contribution in [1.82, 2.24) is 0 Å². The molecule has 0 fully saturated rings. The third-order valence-electron chi connectivity index (χ3n) is 0.338. The van der Waals surface area contributed by atoms with Gasteiger partial charge in [-0.2, -0.15) is 0 Å². The van der Waals surface area contributed by atoms with E-state index in [1.807, 2.05) is 0 Å². The SMILES string of the molecule is C.C=NO[Si](C)(C)C. The van der Waals surface area contributed by atoms with E-state index >= 15 is 0 Å². The molecule has 8 heavy (non-hydrogen) atoms. The van der Waals surface area contributed by atoms with Crippen molar-refractivity contribution in [2.75, 3.05) is 0 Å². The Labute approximate surface area is 52.7 Å². The molecule has 0 rings (SSSR count). The number of nitrogens with zero attached hydrogens (tertiary/aromatic N) is 1. The summed E-state index contributed by atoms with van der Waals surface area (Å²) >= 11 is 0. The molecule has 0 spiro atoms. The summed E-state index contributed by atoms with van der Waals surface area (Å²) in [5.41, 5.74) is 0. The molecule has 0 heterocycles. The van der Waals surface area contributed by atoms with Crippen LogP contribution < -0.4 is 0 Å². The molecule has 0 N–H and O–H groups in total. The van der Waals surface area contributed by atoms with Crippen molar-refractivity contribution in [2.45, 2.75) is 27.1 Å². The Bertz CT molecular complexity index is 67.3. The molecule has 0 bridgehead atoms. The Morgan fingerprint density at radius 1 is 1.38 bits per heavy atom. The van der Waals surface area contributed by atoms with E-state index in [0.29, 0.717) is 0 Å². The lowest BCUT2D eigenvalue weighted by molar-refractivity contribution is 0.340. The Morgan fingerprint density at radius 3 is 1.75 bits per heavy atom. The molecule has 0 aromatic rings. The average Bonchev–Trinajstić information content (AvgIpc) is 1.30. The van der Waals surface area contributed by atoms with E-state index in [1.165, 1.54) is 0 Å². The highest BCUT2D eigenvalue weighted by Gasteiger charge is 2.14. The quantitative estimate of drug-likeness (QED) is 0.321. The van der Waals surface area contributed by atoms with Crippen molar-refractivity contribution < 1.29 is 4.53 Å². The van der Waals surface area contributed by atoms with Gasteiger partial charge in [-0.3, -0.25) is 0 Å². The van der Waals surface area contributed by atoms with Gasteiger partial charge in [-0.05, 0) is 19.6 Å². The van der Waals surface area contributed by atoms with E-state index in [0.717, 1.165) is 0 Å². The van der Waals surface area contributed by atoms with Crippen LogP contribution in [-0.2, 0) is 4.53 Å². The smallest absolute Gasteiger partial charge is 0.278 e. The average molecular weight is 133 g/mol. The lowest BCUT2D eigenvalue weighted by Crippen LogP contribution is -2.21. The molecule has 0 aromatic heterocycles.